The van der Waals surface area contributed by atoms with E-state index >= 15 is 0 Å². The van der Waals surface area contributed by atoms with E-state index in [1.807, 2.05) is 59.5 Å². The second-order valence-corrected chi connectivity index (χ2v) is 12.1. The highest BCUT2D eigenvalue weighted by atomic mass is 16.7. The molecule has 5 heterocycles. The van der Waals surface area contributed by atoms with E-state index in [-0.39, 0.29) is 24.4 Å². The minimum absolute atomic E-state index is 0.0504. The van der Waals surface area contributed by atoms with Crippen molar-refractivity contribution in [1.29, 1.82) is 0 Å². The molecule has 9 nitrogen and oxygen atoms in total. The summed E-state index contributed by atoms with van der Waals surface area (Å²) in [6.07, 6.45) is 5.62. The summed E-state index contributed by atoms with van der Waals surface area (Å²) in [6, 6.07) is 17.9. The fourth-order valence-electron chi connectivity index (χ4n) is 6.62. The average molecular weight is 578 g/mol. The fourth-order valence-corrected chi connectivity index (χ4v) is 6.62. The molecule has 0 radical (unpaired) electrons. The zero-order valence-electron chi connectivity index (χ0n) is 24.4. The third-order valence-corrected chi connectivity index (χ3v) is 9.14. The number of likely N-dealkylation sites (tertiary alicyclic amines) is 1. The van der Waals surface area contributed by atoms with Crippen LogP contribution >= 0.6 is 0 Å². The lowest BCUT2D eigenvalue weighted by atomic mass is 9.82. The minimum atomic E-state index is -0.627. The molecule has 2 bridgehead atoms. The van der Waals surface area contributed by atoms with Gasteiger partial charge in [-0.05, 0) is 80.8 Å². The van der Waals surface area contributed by atoms with E-state index in [0.29, 0.717) is 51.7 Å². The molecule has 7 rings (SSSR count). The molecule has 5 fully saturated rings. The topological polar surface area (TPSA) is 89.6 Å². The van der Waals surface area contributed by atoms with Gasteiger partial charge in [0.1, 0.15) is 17.4 Å². The summed E-state index contributed by atoms with van der Waals surface area (Å²) in [5.41, 5.74) is 1.47. The van der Waals surface area contributed by atoms with Gasteiger partial charge in [0, 0.05) is 26.1 Å². The molecular weight excluding hydrogens is 534 g/mol. The molecule has 0 aromatic heterocycles. The molecule has 5 saturated heterocycles. The molecule has 2 aromatic rings. The first-order valence-corrected chi connectivity index (χ1v) is 15.6. The lowest BCUT2D eigenvalue weighted by molar-refractivity contribution is -0.140. The molecule has 0 saturated carbocycles. The Kier molecular flexibility index (Phi) is 9.27. The molecule has 5 aliphatic rings. The first-order valence-electron chi connectivity index (χ1n) is 15.6. The number of amides is 2. The Balaban J connectivity index is 0.948. The van der Waals surface area contributed by atoms with E-state index in [9.17, 15) is 9.59 Å². The molecule has 5 aliphatic heterocycles. The Morgan fingerprint density at radius 2 is 1.69 bits per heavy atom. The SMILES string of the molecule is O=C(NC1(c2ccccc2)CN(C(=O)CCc2ccc(OCCCCC3OCCO3)cc2)C1)O[C@H]1CN2CCC1CC2. The Morgan fingerprint density at radius 1 is 0.952 bits per heavy atom. The van der Waals surface area contributed by atoms with Crippen molar-refractivity contribution in [3.05, 3.63) is 65.7 Å². The number of rotatable bonds is 12. The van der Waals surface area contributed by atoms with Crippen LogP contribution in [0.2, 0.25) is 0 Å². The normalized spacial score (nSPS) is 24.7. The van der Waals surface area contributed by atoms with Gasteiger partial charge in [-0.3, -0.25) is 9.69 Å². The predicted octanol–water partition coefficient (Wildman–Crippen LogP) is 4.10. The van der Waals surface area contributed by atoms with Crippen LogP contribution in [0.5, 0.6) is 5.75 Å². The van der Waals surface area contributed by atoms with E-state index < -0.39 is 5.54 Å². The number of unbranched alkanes of at least 4 members (excludes halogenated alkanes) is 1. The highest BCUT2D eigenvalue weighted by Crippen LogP contribution is 2.34. The van der Waals surface area contributed by atoms with Gasteiger partial charge in [-0.2, -0.15) is 0 Å². The van der Waals surface area contributed by atoms with Gasteiger partial charge in [0.25, 0.3) is 0 Å². The van der Waals surface area contributed by atoms with E-state index in [1.165, 1.54) is 0 Å². The predicted molar refractivity (Wildman–Crippen MR) is 157 cm³/mol. The van der Waals surface area contributed by atoms with Crippen LogP contribution in [0, 0.1) is 5.92 Å². The second kappa shape index (κ2) is 13.4. The summed E-state index contributed by atoms with van der Waals surface area (Å²) in [7, 11) is 0. The van der Waals surface area contributed by atoms with E-state index in [2.05, 4.69) is 10.2 Å². The molecule has 226 valence electrons. The molecule has 2 aromatic carbocycles. The third kappa shape index (κ3) is 7.07. The number of hydrogen-bond acceptors (Lipinski definition) is 7. The number of nitrogens with one attached hydrogen (secondary N) is 1. The van der Waals surface area contributed by atoms with Crippen LogP contribution in [0.4, 0.5) is 4.79 Å². The number of hydrogen-bond donors (Lipinski definition) is 1. The summed E-state index contributed by atoms with van der Waals surface area (Å²) in [5, 5.41) is 3.16. The van der Waals surface area contributed by atoms with Crippen LogP contribution in [0.15, 0.2) is 54.6 Å². The van der Waals surface area contributed by atoms with Gasteiger partial charge >= 0.3 is 6.09 Å². The fraction of sp³-hybridized carbons (Fsp3) is 0.576. The number of carbonyl (C=O) groups excluding carboxylic acids is 2. The van der Waals surface area contributed by atoms with Gasteiger partial charge < -0.3 is 29.2 Å². The molecule has 0 aliphatic carbocycles. The molecular formula is C33H43N3O6. The largest absolute Gasteiger partial charge is 0.494 e. The summed E-state index contributed by atoms with van der Waals surface area (Å²) >= 11 is 0. The number of carbonyl (C=O) groups is 2. The van der Waals surface area contributed by atoms with E-state index in [4.69, 9.17) is 18.9 Å². The lowest BCUT2D eigenvalue weighted by Gasteiger charge is -2.51. The maximum Gasteiger partial charge on any atom is 0.408 e. The van der Waals surface area contributed by atoms with E-state index in [1.54, 1.807) is 0 Å². The van der Waals surface area contributed by atoms with Crippen LogP contribution in [0.1, 0.15) is 49.7 Å². The maximum absolute atomic E-state index is 13.1. The summed E-state index contributed by atoms with van der Waals surface area (Å²) in [6.45, 7) is 5.95. The van der Waals surface area contributed by atoms with Crippen LogP contribution in [-0.2, 0) is 31.0 Å². The number of nitrogens with zero attached hydrogens (tertiary/aromatic N) is 2. The Bertz CT molecular complexity index is 1170. The van der Waals surface area contributed by atoms with Crippen LogP contribution < -0.4 is 10.1 Å². The molecule has 0 spiro atoms. The Labute approximate surface area is 248 Å². The number of aryl methyl sites for hydroxylation is 1. The maximum atomic E-state index is 13.1. The van der Waals surface area contributed by atoms with Crippen molar-refractivity contribution in [3.8, 4) is 5.75 Å². The zero-order chi connectivity index (χ0) is 28.8. The highest BCUT2D eigenvalue weighted by Gasteiger charge is 2.48. The van der Waals surface area contributed by atoms with Crippen molar-refractivity contribution in [2.45, 2.75) is 62.9 Å². The second-order valence-electron chi connectivity index (χ2n) is 12.1. The smallest absolute Gasteiger partial charge is 0.408 e. The summed E-state index contributed by atoms with van der Waals surface area (Å²) < 4.78 is 22.7. The van der Waals surface area contributed by atoms with Crippen molar-refractivity contribution < 1.29 is 28.5 Å². The average Bonchev–Trinajstić information content (AvgIpc) is 3.53. The number of alkyl carbamates (subject to hydrolysis) is 1. The number of fused-ring (bicyclic) bond motifs is 3. The standard InChI is InChI=1S/C33H43N3O6/c37-30(14-11-25-9-12-28(13-10-25)39-19-5-4-8-31-40-20-21-41-31)36-23-33(24-36,27-6-2-1-3-7-27)34-32(38)42-29-22-35-17-15-26(29)16-18-35/h1-3,6-7,9-10,12-13,26,29,31H,4-5,8,11,14-24H2,(H,34,38)/t29-/m0/s1. The Morgan fingerprint density at radius 3 is 2.38 bits per heavy atom. The van der Waals surface area contributed by atoms with Crippen molar-refractivity contribution in [2.75, 3.05) is 52.5 Å². The van der Waals surface area contributed by atoms with Gasteiger partial charge in [0.05, 0.1) is 19.8 Å². The summed E-state index contributed by atoms with van der Waals surface area (Å²) in [5.74, 6) is 1.38. The number of ether oxygens (including phenoxy) is 4. The van der Waals surface area contributed by atoms with Crippen molar-refractivity contribution in [2.24, 2.45) is 5.92 Å². The van der Waals surface area contributed by atoms with Gasteiger partial charge in [-0.15, -0.1) is 0 Å². The van der Waals surface area contributed by atoms with Gasteiger partial charge in [-0.25, -0.2) is 4.79 Å². The van der Waals surface area contributed by atoms with E-state index in [0.717, 1.165) is 68.6 Å². The quantitative estimate of drug-likeness (QED) is 0.380. The van der Waals surface area contributed by atoms with Gasteiger partial charge in [0.2, 0.25) is 5.91 Å². The van der Waals surface area contributed by atoms with Crippen LogP contribution in [-0.4, -0.2) is 86.7 Å². The van der Waals surface area contributed by atoms with Crippen LogP contribution in [0.3, 0.4) is 0 Å². The summed E-state index contributed by atoms with van der Waals surface area (Å²) in [4.78, 5) is 30.4. The Hall–Kier alpha value is -3.14. The van der Waals surface area contributed by atoms with Crippen molar-refractivity contribution in [1.82, 2.24) is 15.1 Å². The van der Waals surface area contributed by atoms with Crippen molar-refractivity contribution in [3.63, 3.8) is 0 Å². The van der Waals surface area contributed by atoms with Crippen molar-refractivity contribution >= 4 is 12.0 Å². The van der Waals surface area contributed by atoms with Crippen LogP contribution in [0.25, 0.3) is 0 Å². The third-order valence-electron chi connectivity index (χ3n) is 9.14. The van der Waals surface area contributed by atoms with Gasteiger partial charge in [-0.1, -0.05) is 42.5 Å². The molecule has 0 unspecified atom stereocenters. The molecule has 42 heavy (non-hydrogen) atoms. The number of piperidine rings is 3. The molecule has 2 amide bonds. The minimum Gasteiger partial charge on any atom is -0.494 e. The molecule has 1 atom stereocenters. The number of benzene rings is 2. The zero-order valence-corrected chi connectivity index (χ0v) is 24.4. The monoisotopic (exact) mass is 577 g/mol. The first-order chi connectivity index (χ1) is 20.6. The first kappa shape index (κ1) is 29.0. The molecule has 1 N–H and O–H groups in total. The lowest BCUT2D eigenvalue weighted by Crippen LogP contribution is -2.69. The van der Waals surface area contributed by atoms with Gasteiger partial charge in [0.15, 0.2) is 6.29 Å². The molecule has 9 heteroatoms. The highest BCUT2D eigenvalue weighted by molar-refractivity contribution is 5.79.